The Morgan fingerprint density at radius 3 is 1.46 bits per heavy atom. The number of rotatable bonds is 7. The topological polar surface area (TPSA) is 71.1 Å². The van der Waals surface area contributed by atoms with Gasteiger partial charge in [-0.2, -0.15) is 0 Å². The molecule has 0 saturated carbocycles. The Labute approximate surface area is 284 Å². The molecule has 6 heteroatoms. The lowest BCUT2D eigenvalue weighted by molar-refractivity contribution is -0.134. The summed E-state index contributed by atoms with van der Waals surface area (Å²) in [6, 6.07) is 25.5. The molecule has 2 aliphatic heterocycles. The Hall–Kier alpha value is -4.58. The Morgan fingerprint density at radius 1 is 0.542 bits per heavy atom. The van der Waals surface area contributed by atoms with E-state index in [-0.39, 0.29) is 28.2 Å². The lowest BCUT2D eigenvalue weighted by Gasteiger charge is -2.27. The van der Waals surface area contributed by atoms with Crippen LogP contribution in [-0.2, 0) is 25.8 Å². The molecule has 0 N–H and O–H groups in total. The molecule has 48 heavy (non-hydrogen) atoms. The summed E-state index contributed by atoms with van der Waals surface area (Å²) in [6.07, 6.45) is 0. The monoisotopic (exact) mass is 646 g/mol. The second kappa shape index (κ2) is 12.1. The highest BCUT2D eigenvalue weighted by Gasteiger charge is 2.40. The molecule has 0 amide bonds. The molecule has 0 aliphatic carbocycles. The van der Waals surface area contributed by atoms with Gasteiger partial charge in [0, 0.05) is 22.3 Å². The Balaban J connectivity index is 1.08. The molecule has 0 fully saturated rings. The van der Waals surface area contributed by atoms with Crippen LogP contribution in [0.25, 0.3) is 0 Å². The van der Waals surface area contributed by atoms with Crippen molar-refractivity contribution in [3.05, 3.63) is 118 Å². The lowest BCUT2D eigenvalue weighted by Crippen LogP contribution is -2.17. The molecule has 4 aromatic rings. The molecular formula is C42H46O6. The van der Waals surface area contributed by atoms with Crippen molar-refractivity contribution in [2.75, 3.05) is 13.2 Å². The molecule has 0 aromatic heterocycles. The van der Waals surface area contributed by atoms with E-state index >= 15 is 0 Å². The number of benzene rings is 4. The minimum Gasteiger partial charge on any atom is -0.490 e. The third-order valence-electron chi connectivity index (χ3n) is 9.19. The first kappa shape index (κ1) is 33.3. The number of ether oxygens (including phenoxy) is 4. The average molecular weight is 647 g/mol. The number of hydrogen-bond acceptors (Lipinski definition) is 6. The Kier molecular flexibility index (Phi) is 8.43. The standard InChI is InChI=1S/C42H46O6/c1-40(2,3)27-23-31-35(39(44)48-37(31)33(24-27)42(7,8)9)26-15-19-29(20-16-26)46-22-21-45-28-17-13-25(14-18-28)34-30-11-10-12-32(41(4,5)6)36(30)47-38(34)43/h10-20,23-24,34-35H,21-22H2,1-9H3. The summed E-state index contributed by atoms with van der Waals surface area (Å²) in [6.45, 7) is 20.1. The van der Waals surface area contributed by atoms with E-state index < -0.39 is 11.8 Å². The second-order valence-corrected chi connectivity index (χ2v) is 16.0. The molecule has 250 valence electrons. The van der Waals surface area contributed by atoms with Crippen LogP contribution in [0.4, 0.5) is 0 Å². The van der Waals surface area contributed by atoms with Crippen LogP contribution >= 0.6 is 0 Å². The van der Waals surface area contributed by atoms with Gasteiger partial charge in [0.15, 0.2) is 0 Å². The van der Waals surface area contributed by atoms with E-state index in [2.05, 4.69) is 74.4 Å². The fraction of sp³-hybridized carbons (Fsp3) is 0.381. The van der Waals surface area contributed by atoms with Crippen LogP contribution in [0.15, 0.2) is 78.9 Å². The van der Waals surface area contributed by atoms with Crippen LogP contribution < -0.4 is 18.9 Å². The smallest absolute Gasteiger partial charge is 0.323 e. The summed E-state index contributed by atoms with van der Waals surface area (Å²) >= 11 is 0. The summed E-state index contributed by atoms with van der Waals surface area (Å²) < 4.78 is 23.6. The van der Waals surface area contributed by atoms with E-state index in [1.54, 1.807) is 0 Å². The number of esters is 2. The average Bonchev–Trinajstić information content (AvgIpc) is 3.53. The quantitative estimate of drug-likeness (QED) is 0.113. The van der Waals surface area contributed by atoms with Crippen molar-refractivity contribution in [3.63, 3.8) is 0 Å². The number of carbonyl (C=O) groups excluding carboxylic acids is 2. The molecule has 6 rings (SSSR count). The molecular weight excluding hydrogens is 600 g/mol. The zero-order chi connectivity index (χ0) is 34.6. The highest BCUT2D eigenvalue weighted by molar-refractivity contribution is 5.91. The van der Waals surface area contributed by atoms with Gasteiger partial charge in [-0.1, -0.05) is 117 Å². The van der Waals surface area contributed by atoms with Crippen molar-refractivity contribution < 1.29 is 28.5 Å². The Bertz CT molecular complexity index is 1850. The van der Waals surface area contributed by atoms with Crippen LogP contribution in [0.2, 0.25) is 0 Å². The molecule has 0 bridgehead atoms. The van der Waals surface area contributed by atoms with E-state index in [9.17, 15) is 9.59 Å². The molecule has 2 aliphatic rings. The molecule has 6 nitrogen and oxygen atoms in total. The fourth-order valence-electron chi connectivity index (χ4n) is 6.49. The molecule has 2 unspecified atom stereocenters. The summed E-state index contributed by atoms with van der Waals surface area (Å²) in [5.41, 5.74) is 6.46. The predicted molar refractivity (Wildman–Crippen MR) is 188 cm³/mol. The summed E-state index contributed by atoms with van der Waals surface area (Å²) in [5.74, 6) is 1.31. The zero-order valence-electron chi connectivity index (χ0n) is 29.5. The van der Waals surface area contributed by atoms with E-state index in [0.717, 1.165) is 33.4 Å². The molecule has 0 radical (unpaired) electrons. The first-order valence-corrected chi connectivity index (χ1v) is 16.7. The van der Waals surface area contributed by atoms with Crippen molar-refractivity contribution in [1.82, 2.24) is 0 Å². The van der Waals surface area contributed by atoms with Gasteiger partial charge in [0.25, 0.3) is 0 Å². The van der Waals surface area contributed by atoms with Gasteiger partial charge >= 0.3 is 11.9 Å². The number of fused-ring (bicyclic) bond motifs is 2. The second-order valence-electron chi connectivity index (χ2n) is 16.0. The summed E-state index contributed by atoms with van der Waals surface area (Å²) in [7, 11) is 0. The Morgan fingerprint density at radius 2 is 1.00 bits per heavy atom. The number of carbonyl (C=O) groups is 2. The van der Waals surface area contributed by atoms with Gasteiger partial charge in [-0.25, -0.2) is 0 Å². The molecule has 4 aromatic carbocycles. The minimum absolute atomic E-state index is 0.0697. The third-order valence-corrected chi connectivity index (χ3v) is 9.19. The summed E-state index contributed by atoms with van der Waals surface area (Å²) in [5, 5.41) is 0. The maximum Gasteiger partial charge on any atom is 0.323 e. The predicted octanol–water partition coefficient (Wildman–Crippen LogP) is 9.14. The van der Waals surface area contributed by atoms with Crippen molar-refractivity contribution in [1.29, 1.82) is 0 Å². The number of para-hydroxylation sites is 1. The first-order valence-electron chi connectivity index (χ1n) is 16.7. The fourth-order valence-corrected chi connectivity index (χ4v) is 6.49. The zero-order valence-corrected chi connectivity index (χ0v) is 29.5. The van der Waals surface area contributed by atoms with E-state index in [4.69, 9.17) is 18.9 Å². The van der Waals surface area contributed by atoms with E-state index in [0.29, 0.717) is 36.2 Å². The van der Waals surface area contributed by atoms with E-state index in [1.807, 2.05) is 66.7 Å². The molecule has 0 saturated heterocycles. The van der Waals surface area contributed by atoms with Crippen LogP contribution in [-0.4, -0.2) is 25.2 Å². The van der Waals surface area contributed by atoms with Gasteiger partial charge < -0.3 is 18.9 Å². The van der Waals surface area contributed by atoms with Gasteiger partial charge in [-0.15, -0.1) is 0 Å². The summed E-state index contributed by atoms with van der Waals surface area (Å²) in [4.78, 5) is 26.1. The van der Waals surface area contributed by atoms with Crippen molar-refractivity contribution >= 4 is 11.9 Å². The van der Waals surface area contributed by atoms with Crippen LogP contribution in [0.5, 0.6) is 23.0 Å². The van der Waals surface area contributed by atoms with Gasteiger partial charge in [0.1, 0.15) is 48.0 Å². The van der Waals surface area contributed by atoms with Gasteiger partial charge in [0.2, 0.25) is 0 Å². The van der Waals surface area contributed by atoms with Gasteiger partial charge in [-0.3, -0.25) is 9.59 Å². The van der Waals surface area contributed by atoms with Crippen molar-refractivity contribution in [2.45, 2.75) is 90.4 Å². The first-order chi connectivity index (χ1) is 22.5. The van der Waals surface area contributed by atoms with Crippen molar-refractivity contribution in [2.24, 2.45) is 0 Å². The molecule has 2 atom stereocenters. The van der Waals surface area contributed by atoms with Crippen LogP contribution in [0.3, 0.4) is 0 Å². The minimum atomic E-state index is -0.483. The highest BCUT2D eigenvalue weighted by atomic mass is 16.5. The lowest BCUT2D eigenvalue weighted by atomic mass is 9.77. The third kappa shape index (κ3) is 6.45. The maximum atomic E-state index is 13.2. The van der Waals surface area contributed by atoms with Crippen LogP contribution in [0.1, 0.15) is 113 Å². The molecule has 0 spiro atoms. The van der Waals surface area contributed by atoms with Crippen molar-refractivity contribution in [3.8, 4) is 23.0 Å². The van der Waals surface area contributed by atoms with Gasteiger partial charge in [-0.05, 0) is 57.2 Å². The largest absolute Gasteiger partial charge is 0.490 e. The van der Waals surface area contributed by atoms with E-state index in [1.165, 1.54) is 5.56 Å². The highest BCUT2D eigenvalue weighted by Crippen LogP contribution is 2.48. The normalized spacial score (nSPS) is 17.4. The SMILES string of the molecule is CC(C)(C)c1cc2c(c(C(C)(C)C)c1)OC(=O)C2c1ccc(OCCOc2ccc(C3C(=O)Oc4c3cccc4C(C)(C)C)cc2)cc1. The molecule has 2 heterocycles. The number of hydrogen-bond donors (Lipinski definition) is 0. The van der Waals surface area contributed by atoms with Crippen LogP contribution in [0, 0.1) is 0 Å². The van der Waals surface area contributed by atoms with Gasteiger partial charge in [0.05, 0.1) is 0 Å². The maximum absolute atomic E-state index is 13.2.